The molecule has 106 valence electrons. The SMILES string of the molecule is CNC1CCOCC1CN(C)c1cc(C)cc(C)c1. The number of hydrogen-bond acceptors (Lipinski definition) is 3. The van der Waals surface area contributed by atoms with Gasteiger partial charge in [0.05, 0.1) is 6.61 Å². The summed E-state index contributed by atoms with van der Waals surface area (Å²) in [5.74, 6) is 0.560. The van der Waals surface area contributed by atoms with Crippen LogP contribution in [0.3, 0.4) is 0 Å². The van der Waals surface area contributed by atoms with E-state index < -0.39 is 0 Å². The number of ether oxygens (including phenoxy) is 1. The normalized spacial score (nSPS) is 23.4. The molecule has 0 bridgehead atoms. The number of anilines is 1. The highest BCUT2D eigenvalue weighted by molar-refractivity contribution is 5.50. The van der Waals surface area contributed by atoms with Gasteiger partial charge in [-0.1, -0.05) is 6.07 Å². The van der Waals surface area contributed by atoms with Crippen molar-refractivity contribution in [2.75, 3.05) is 38.8 Å². The monoisotopic (exact) mass is 262 g/mol. The molecule has 1 heterocycles. The van der Waals surface area contributed by atoms with E-state index in [2.05, 4.69) is 56.4 Å². The fraction of sp³-hybridized carbons (Fsp3) is 0.625. The standard InChI is InChI=1S/C16H26N2O/c1-12-7-13(2)9-15(8-12)18(4)10-14-11-19-6-5-16(14)17-3/h7-9,14,16-17H,5-6,10-11H2,1-4H3. The van der Waals surface area contributed by atoms with Crippen molar-refractivity contribution in [3.05, 3.63) is 29.3 Å². The second kappa shape index (κ2) is 6.40. The van der Waals surface area contributed by atoms with Crippen molar-refractivity contribution in [3.63, 3.8) is 0 Å². The third-order valence-corrected chi connectivity index (χ3v) is 4.00. The fourth-order valence-electron chi connectivity index (χ4n) is 2.99. The largest absolute Gasteiger partial charge is 0.381 e. The molecule has 1 aromatic rings. The smallest absolute Gasteiger partial charge is 0.0526 e. The minimum Gasteiger partial charge on any atom is -0.381 e. The summed E-state index contributed by atoms with van der Waals surface area (Å²) in [6, 6.07) is 7.30. The van der Waals surface area contributed by atoms with Crippen LogP contribution in [0, 0.1) is 19.8 Å². The third kappa shape index (κ3) is 3.71. The molecule has 2 atom stereocenters. The van der Waals surface area contributed by atoms with Crippen molar-refractivity contribution in [1.29, 1.82) is 0 Å². The first kappa shape index (κ1) is 14.4. The van der Waals surface area contributed by atoms with Crippen LogP contribution < -0.4 is 10.2 Å². The number of aryl methyl sites for hydroxylation is 2. The summed E-state index contributed by atoms with van der Waals surface area (Å²) in [6.45, 7) is 7.10. The molecule has 0 spiro atoms. The summed E-state index contributed by atoms with van der Waals surface area (Å²) >= 11 is 0. The number of benzene rings is 1. The molecule has 0 aliphatic carbocycles. The Kier molecular flexibility index (Phi) is 4.83. The van der Waals surface area contributed by atoms with E-state index in [1.165, 1.54) is 16.8 Å². The van der Waals surface area contributed by atoms with E-state index in [4.69, 9.17) is 4.74 Å². The van der Waals surface area contributed by atoms with Crippen molar-refractivity contribution in [2.24, 2.45) is 5.92 Å². The van der Waals surface area contributed by atoms with Crippen molar-refractivity contribution in [3.8, 4) is 0 Å². The summed E-state index contributed by atoms with van der Waals surface area (Å²) in [6.07, 6.45) is 1.11. The Morgan fingerprint density at radius 2 is 1.95 bits per heavy atom. The number of nitrogens with one attached hydrogen (secondary N) is 1. The van der Waals surface area contributed by atoms with Crippen molar-refractivity contribution in [1.82, 2.24) is 5.32 Å². The van der Waals surface area contributed by atoms with Gasteiger partial charge in [-0.3, -0.25) is 0 Å². The lowest BCUT2D eigenvalue weighted by atomic mass is 9.95. The van der Waals surface area contributed by atoms with Crippen LogP contribution in [0.2, 0.25) is 0 Å². The van der Waals surface area contributed by atoms with Gasteiger partial charge in [0.15, 0.2) is 0 Å². The van der Waals surface area contributed by atoms with E-state index in [0.717, 1.165) is 26.2 Å². The second-order valence-corrected chi connectivity index (χ2v) is 5.75. The highest BCUT2D eigenvalue weighted by Gasteiger charge is 2.25. The van der Waals surface area contributed by atoms with E-state index in [1.807, 2.05) is 0 Å². The lowest BCUT2D eigenvalue weighted by Gasteiger charge is -2.35. The lowest BCUT2D eigenvalue weighted by Crippen LogP contribution is -2.46. The molecule has 2 rings (SSSR count). The zero-order valence-electron chi connectivity index (χ0n) is 12.6. The lowest BCUT2D eigenvalue weighted by molar-refractivity contribution is 0.0371. The maximum Gasteiger partial charge on any atom is 0.0526 e. The highest BCUT2D eigenvalue weighted by Crippen LogP contribution is 2.21. The molecule has 1 saturated heterocycles. The molecule has 0 saturated carbocycles. The van der Waals surface area contributed by atoms with Gasteiger partial charge in [-0.15, -0.1) is 0 Å². The number of hydrogen-bond donors (Lipinski definition) is 1. The highest BCUT2D eigenvalue weighted by atomic mass is 16.5. The van der Waals surface area contributed by atoms with Crippen molar-refractivity contribution >= 4 is 5.69 Å². The molecule has 1 aliphatic heterocycles. The van der Waals surface area contributed by atoms with Gasteiger partial charge >= 0.3 is 0 Å². The second-order valence-electron chi connectivity index (χ2n) is 5.75. The van der Waals surface area contributed by atoms with Crippen molar-refractivity contribution < 1.29 is 4.74 Å². The Balaban J connectivity index is 2.04. The summed E-state index contributed by atoms with van der Waals surface area (Å²) in [5, 5.41) is 3.43. The molecule has 1 aromatic carbocycles. The molecule has 1 N–H and O–H groups in total. The zero-order chi connectivity index (χ0) is 13.8. The molecular formula is C16H26N2O. The first-order valence-electron chi connectivity index (χ1n) is 7.14. The van der Waals surface area contributed by atoms with Gasteiger partial charge in [0.2, 0.25) is 0 Å². The predicted molar refractivity (Wildman–Crippen MR) is 81.0 cm³/mol. The van der Waals surface area contributed by atoms with Gasteiger partial charge in [-0.05, 0) is 50.6 Å². The van der Waals surface area contributed by atoms with Crippen LogP contribution in [0.1, 0.15) is 17.5 Å². The summed E-state index contributed by atoms with van der Waals surface area (Å²) < 4.78 is 5.63. The molecule has 1 aliphatic rings. The Bertz CT molecular complexity index is 399. The quantitative estimate of drug-likeness (QED) is 0.901. The maximum absolute atomic E-state index is 5.63. The van der Waals surface area contributed by atoms with Gasteiger partial charge in [-0.25, -0.2) is 0 Å². The summed E-state index contributed by atoms with van der Waals surface area (Å²) in [4.78, 5) is 2.35. The molecule has 0 amide bonds. The average molecular weight is 262 g/mol. The molecule has 1 fully saturated rings. The van der Waals surface area contributed by atoms with Crippen LogP contribution in [0.25, 0.3) is 0 Å². The average Bonchev–Trinajstić information content (AvgIpc) is 2.38. The predicted octanol–water partition coefficient (Wildman–Crippen LogP) is 2.36. The van der Waals surface area contributed by atoms with Gasteiger partial charge in [0.25, 0.3) is 0 Å². The van der Waals surface area contributed by atoms with E-state index in [0.29, 0.717) is 12.0 Å². The minimum atomic E-state index is 0.560. The third-order valence-electron chi connectivity index (χ3n) is 4.00. The number of nitrogens with zero attached hydrogens (tertiary/aromatic N) is 1. The topological polar surface area (TPSA) is 24.5 Å². The van der Waals surface area contributed by atoms with Crippen molar-refractivity contribution in [2.45, 2.75) is 26.3 Å². The van der Waals surface area contributed by atoms with Gasteiger partial charge < -0.3 is 15.0 Å². The van der Waals surface area contributed by atoms with Crippen LogP contribution in [-0.2, 0) is 4.74 Å². The molecule has 0 radical (unpaired) electrons. The van der Waals surface area contributed by atoms with Gasteiger partial charge in [0, 0.05) is 37.8 Å². The Hall–Kier alpha value is -1.06. The summed E-state index contributed by atoms with van der Waals surface area (Å²) in [7, 11) is 4.23. The summed E-state index contributed by atoms with van der Waals surface area (Å²) in [5.41, 5.74) is 3.96. The molecule has 2 unspecified atom stereocenters. The van der Waals surface area contributed by atoms with Crippen LogP contribution in [0.4, 0.5) is 5.69 Å². The molecule has 3 nitrogen and oxygen atoms in total. The van der Waals surface area contributed by atoms with E-state index >= 15 is 0 Å². The molecule has 0 aromatic heterocycles. The Labute approximate surface area is 116 Å². The van der Waals surface area contributed by atoms with Crippen LogP contribution in [0.5, 0.6) is 0 Å². The van der Waals surface area contributed by atoms with E-state index in [1.54, 1.807) is 0 Å². The van der Waals surface area contributed by atoms with E-state index in [-0.39, 0.29) is 0 Å². The molecule has 19 heavy (non-hydrogen) atoms. The molecular weight excluding hydrogens is 236 g/mol. The molecule has 3 heteroatoms. The van der Waals surface area contributed by atoms with Gasteiger partial charge in [0.1, 0.15) is 0 Å². The Morgan fingerprint density at radius 3 is 2.58 bits per heavy atom. The van der Waals surface area contributed by atoms with Crippen LogP contribution in [0.15, 0.2) is 18.2 Å². The maximum atomic E-state index is 5.63. The first-order chi connectivity index (χ1) is 9.10. The van der Waals surface area contributed by atoms with Gasteiger partial charge in [-0.2, -0.15) is 0 Å². The first-order valence-corrected chi connectivity index (χ1v) is 7.14. The Morgan fingerprint density at radius 1 is 1.26 bits per heavy atom. The fourth-order valence-corrected chi connectivity index (χ4v) is 2.99. The van der Waals surface area contributed by atoms with Crippen LogP contribution >= 0.6 is 0 Å². The number of rotatable bonds is 4. The zero-order valence-corrected chi connectivity index (χ0v) is 12.6. The van der Waals surface area contributed by atoms with Crippen LogP contribution in [-0.4, -0.2) is 39.9 Å². The van der Waals surface area contributed by atoms with E-state index in [9.17, 15) is 0 Å². The minimum absolute atomic E-state index is 0.560.